The summed E-state index contributed by atoms with van der Waals surface area (Å²) in [5, 5.41) is 2.40. The lowest BCUT2D eigenvalue weighted by molar-refractivity contribution is 0.104. The van der Waals surface area contributed by atoms with E-state index in [9.17, 15) is 4.79 Å². The average Bonchev–Trinajstić information content (AvgIpc) is 3.04. The second kappa shape index (κ2) is 3.86. The van der Waals surface area contributed by atoms with Gasteiger partial charge in [-0.1, -0.05) is 42.0 Å². The molecule has 1 heterocycles. The Balaban J connectivity index is 2.00. The fraction of sp³-hybridized carbons (Fsp3) is 0.0500. The van der Waals surface area contributed by atoms with E-state index in [2.05, 4.69) is 36.2 Å². The average molecular weight is 283 g/mol. The fourth-order valence-corrected chi connectivity index (χ4v) is 3.59. The molecule has 1 N–H and O–H groups in total. The molecular formula is C20H13NO. The summed E-state index contributed by atoms with van der Waals surface area (Å²) in [7, 11) is 0. The van der Waals surface area contributed by atoms with Gasteiger partial charge in [-0.25, -0.2) is 0 Å². The Morgan fingerprint density at radius 2 is 1.64 bits per heavy atom. The predicted molar refractivity (Wildman–Crippen MR) is 89.4 cm³/mol. The van der Waals surface area contributed by atoms with Gasteiger partial charge in [0.25, 0.3) is 0 Å². The molecule has 1 aliphatic rings. The van der Waals surface area contributed by atoms with Crippen LogP contribution in [-0.2, 0) is 0 Å². The van der Waals surface area contributed by atoms with Gasteiger partial charge in [0.1, 0.15) is 0 Å². The van der Waals surface area contributed by atoms with Crippen molar-refractivity contribution in [3.05, 3.63) is 71.3 Å². The minimum atomic E-state index is 0.127. The quantitative estimate of drug-likeness (QED) is 0.433. The highest BCUT2D eigenvalue weighted by Crippen LogP contribution is 2.42. The summed E-state index contributed by atoms with van der Waals surface area (Å²) in [6.07, 6.45) is 0. The first-order valence-corrected chi connectivity index (χ1v) is 7.43. The smallest absolute Gasteiger partial charge is 0.194 e. The zero-order valence-electron chi connectivity index (χ0n) is 12.1. The van der Waals surface area contributed by atoms with E-state index in [4.69, 9.17) is 0 Å². The Kier molecular flexibility index (Phi) is 2.06. The van der Waals surface area contributed by atoms with Gasteiger partial charge in [0.2, 0.25) is 0 Å². The van der Waals surface area contributed by atoms with Gasteiger partial charge in [-0.05, 0) is 30.7 Å². The maximum Gasteiger partial charge on any atom is 0.194 e. The monoisotopic (exact) mass is 283 g/mol. The number of ketones is 1. The van der Waals surface area contributed by atoms with Crippen LogP contribution in [0.2, 0.25) is 0 Å². The topological polar surface area (TPSA) is 32.9 Å². The highest BCUT2D eigenvalue weighted by molar-refractivity contribution is 6.27. The van der Waals surface area contributed by atoms with Crippen molar-refractivity contribution in [2.75, 3.05) is 0 Å². The van der Waals surface area contributed by atoms with Crippen LogP contribution in [0.1, 0.15) is 21.5 Å². The molecule has 1 aliphatic carbocycles. The first-order valence-electron chi connectivity index (χ1n) is 7.43. The second-order valence-corrected chi connectivity index (χ2v) is 5.96. The molecule has 0 fully saturated rings. The van der Waals surface area contributed by atoms with Crippen LogP contribution in [0.3, 0.4) is 0 Å². The van der Waals surface area contributed by atoms with Crippen molar-refractivity contribution in [2.24, 2.45) is 0 Å². The first-order chi connectivity index (χ1) is 10.7. The number of carbonyl (C=O) groups excluding carboxylic acids is 1. The van der Waals surface area contributed by atoms with Gasteiger partial charge in [-0.2, -0.15) is 0 Å². The Bertz CT molecular complexity index is 1100. The molecule has 0 aliphatic heterocycles. The Labute approximate surface area is 127 Å². The van der Waals surface area contributed by atoms with Crippen LogP contribution in [0.25, 0.3) is 32.9 Å². The summed E-state index contributed by atoms with van der Waals surface area (Å²) in [5.41, 5.74) is 7.12. The summed E-state index contributed by atoms with van der Waals surface area (Å²) in [6, 6.07) is 18.3. The Hall–Kier alpha value is -2.87. The molecule has 2 heteroatoms. The van der Waals surface area contributed by atoms with E-state index in [1.807, 2.05) is 30.3 Å². The van der Waals surface area contributed by atoms with Crippen LogP contribution in [0.15, 0.2) is 54.6 Å². The summed E-state index contributed by atoms with van der Waals surface area (Å²) in [4.78, 5) is 16.1. The number of H-pyrrole nitrogens is 1. The second-order valence-electron chi connectivity index (χ2n) is 5.96. The van der Waals surface area contributed by atoms with Crippen LogP contribution in [0.5, 0.6) is 0 Å². The maximum atomic E-state index is 12.6. The van der Waals surface area contributed by atoms with Gasteiger partial charge in [0, 0.05) is 33.0 Å². The van der Waals surface area contributed by atoms with Gasteiger partial charge in [-0.15, -0.1) is 0 Å². The predicted octanol–water partition coefficient (Wildman–Crippen LogP) is 4.84. The molecule has 0 atom stereocenters. The molecule has 0 unspecified atom stereocenters. The molecule has 2 nitrogen and oxygen atoms in total. The normalized spacial score (nSPS) is 12.9. The molecule has 0 amide bonds. The third-order valence-electron chi connectivity index (χ3n) is 4.62. The first kappa shape index (κ1) is 11.8. The molecule has 104 valence electrons. The van der Waals surface area contributed by atoms with E-state index in [-0.39, 0.29) is 5.78 Å². The summed E-state index contributed by atoms with van der Waals surface area (Å²) >= 11 is 0. The zero-order valence-corrected chi connectivity index (χ0v) is 12.1. The molecular weight excluding hydrogens is 270 g/mol. The Morgan fingerprint density at radius 3 is 2.50 bits per heavy atom. The van der Waals surface area contributed by atoms with Crippen LogP contribution < -0.4 is 0 Å². The van der Waals surface area contributed by atoms with Crippen molar-refractivity contribution in [1.82, 2.24) is 4.98 Å². The van der Waals surface area contributed by atoms with Crippen LogP contribution in [0, 0.1) is 6.92 Å². The van der Waals surface area contributed by atoms with Crippen LogP contribution in [-0.4, -0.2) is 10.8 Å². The van der Waals surface area contributed by atoms with Crippen molar-refractivity contribution < 1.29 is 4.79 Å². The molecule has 0 bridgehead atoms. The summed E-state index contributed by atoms with van der Waals surface area (Å²) in [5.74, 6) is 0.127. The van der Waals surface area contributed by atoms with E-state index >= 15 is 0 Å². The van der Waals surface area contributed by atoms with E-state index in [0.717, 1.165) is 33.3 Å². The molecule has 0 spiro atoms. The number of aromatic nitrogens is 1. The molecule has 22 heavy (non-hydrogen) atoms. The molecule has 0 saturated heterocycles. The van der Waals surface area contributed by atoms with Crippen LogP contribution >= 0.6 is 0 Å². The number of hydrogen-bond donors (Lipinski definition) is 1. The highest BCUT2D eigenvalue weighted by Gasteiger charge is 2.28. The standard InChI is InChI=1S/C20H13NO/c1-11-6-9-17-16(10-11)13-7-8-15-18(19(13)21-17)12-4-2-3-5-14(12)20(15)22/h2-10,21H,1H3. The molecule has 1 aromatic heterocycles. The fourth-order valence-electron chi connectivity index (χ4n) is 3.59. The van der Waals surface area contributed by atoms with Gasteiger partial charge in [0.05, 0.1) is 5.52 Å². The number of hydrogen-bond acceptors (Lipinski definition) is 1. The minimum Gasteiger partial charge on any atom is -0.354 e. The number of fused-ring (bicyclic) bond motifs is 7. The van der Waals surface area contributed by atoms with Gasteiger partial charge >= 0.3 is 0 Å². The lowest BCUT2D eigenvalue weighted by Gasteiger charge is -2.01. The van der Waals surface area contributed by atoms with Gasteiger partial charge in [0.15, 0.2) is 5.78 Å². The zero-order chi connectivity index (χ0) is 14.8. The molecule has 4 aromatic rings. The van der Waals surface area contributed by atoms with E-state index < -0.39 is 0 Å². The van der Waals surface area contributed by atoms with Crippen molar-refractivity contribution >= 4 is 27.6 Å². The summed E-state index contributed by atoms with van der Waals surface area (Å²) in [6.45, 7) is 2.10. The number of aryl methyl sites for hydroxylation is 1. The molecule has 0 radical (unpaired) electrons. The van der Waals surface area contributed by atoms with Gasteiger partial charge < -0.3 is 4.98 Å². The molecule has 0 saturated carbocycles. The third-order valence-corrected chi connectivity index (χ3v) is 4.62. The third kappa shape index (κ3) is 1.32. The number of carbonyl (C=O) groups is 1. The van der Waals surface area contributed by atoms with Crippen LogP contribution in [0.4, 0.5) is 0 Å². The van der Waals surface area contributed by atoms with Gasteiger partial charge in [-0.3, -0.25) is 4.79 Å². The van der Waals surface area contributed by atoms with E-state index in [1.165, 1.54) is 16.3 Å². The maximum absolute atomic E-state index is 12.6. The lowest BCUT2D eigenvalue weighted by atomic mass is 10.0. The molecule has 5 rings (SSSR count). The number of nitrogens with one attached hydrogen (secondary N) is 1. The van der Waals surface area contributed by atoms with Crippen molar-refractivity contribution in [3.63, 3.8) is 0 Å². The van der Waals surface area contributed by atoms with E-state index in [0.29, 0.717) is 0 Å². The SMILES string of the molecule is Cc1ccc2[nH]c3c4c(ccc3c2c1)C(=O)c1ccccc1-4. The van der Waals surface area contributed by atoms with Crippen molar-refractivity contribution in [1.29, 1.82) is 0 Å². The Morgan fingerprint density at radius 1 is 0.818 bits per heavy atom. The largest absolute Gasteiger partial charge is 0.354 e. The highest BCUT2D eigenvalue weighted by atomic mass is 16.1. The van der Waals surface area contributed by atoms with Crippen molar-refractivity contribution in [2.45, 2.75) is 6.92 Å². The number of benzene rings is 3. The number of rotatable bonds is 0. The summed E-state index contributed by atoms with van der Waals surface area (Å²) < 4.78 is 0. The van der Waals surface area contributed by atoms with E-state index in [1.54, 1.807) is 0 Å². The lowest BCUT2D eigenvalue weighted by Crippen LogP contribution is -1.94. The van der Waals surface area contributed by atoms with Crippen molar-refractivity contribution in [3.8, 4) is 11.1 Å². The molecule has 3 aromatic carbocycles. The number of aromatic amines is 1. The minimum absolute atomic E-state index is 0.127.